The van der Waals surface area contributed by atoms with Gasteiger partial charge in [0.15, 0.2) is 17.8 Å². The summed E-state index contributed by atoms with van der Waals surface area (Å²) in [5, 5.41) is 0. The van der Waals surface area contributed by atoms with Gasteiger partial charge in [0, 0.05) is 38.0 Å². The maximum atomic E-state index is 15.2. The first-order valence-electron chi connectivity index (χ1n) is 11.1. The second-order valence-electron chi connectivity index (χ2n) is 8.82. The van der Waals surface area contributed by atoms with Gasteiger partial charge < -0.3 is 4.74 Å². The van der Waals surface area contributed by atoms with Crippen LogP contribution in [0.1, 0.15) is 54.5 Å². The van der Waals surface area contributed by atoms with E-state index in [0.717, 1.165) is 11.9 Å². The minimum absolute atomic E-state index is 0.381. The number of pyridine rings is 1. The smallest absolute Gasteiger partial charge is 0.382 e. The Hall–Kier alpha value is -3.09. The van der Waals surface area contributed by atoms with Gasteiger partial charge >= 0.3 is 5.97 Å². The van der Waals surface area contributed by atoms with Crippen LogP contribution in [0.2, 0.25) is 0 Å². The van der Waals surface area contributed by atoms with Crippen LogP contribution in [0.3, 0.4) is 0 Å². The number of benzene rings is 1. The lowest BCUT2D eigenvalue weighted by Gasteiger charge is -2.43. The standard InChI is InChI=1S/C25H27F2N3O2/c1-5-25(6-2)23(21-14-29-15(3)28(4)13-20(29)24(31)32-21)17-11-16(26)12-18(27)22(17)19-9-7-8-10-30(19)25/h7-13,21,23H,5-6,14H2,1-4H3/q+2. The molecule has 0 bridgehead atoms. The van der Waals surface area contributed by atoms with Crippen molar-refractivity contribution in [1.82, 2.24) is 4.57 Å². The number of cyclic esters (lactones) is 1. The van der Waals surface area contributed by atoms with Gasteiger partial charge in [-0.15, -0.1) is 0 Å². The Morgan fingerprint density at radius 3 is 2.69 bits per heavy atom. The largest absolute Gasteiger partial charge is 0.451 e. The molecule has 0 N–H and O–H groups in total. The van der Waals surface area contributed by atoms with E-state index in [0.29, 0.717) is 41.9 Å². The molecule has 0 saturated heterocycles. The van der Waals surface area contributed by atoms with Crippen molar-refractivity contribution in [2.45, 2.75) is 57.7 Å². The third-order valence-corrected chi connectivity index (χ3v) is 7.53. The molecule has 0 spiro atoms. The summed E-state index contributed by atoms with van der Waals surface area (Å²) in [5.41, 5.74) is 1.65. The summed E-state index contributed by atoms with van der Waals surface area (Å²) in [6, 6.07) is 8.01. The molecule has 4 heterocycles. The van der Waals surface area contributed by atoms with Crippen molar-refractivity contribution in [1.29, 1.82) is 0 Å². The van der Waals surface area contributed by atoms with E-state index in [4.69, 9.17) is 4.74 Å². The van der Waals surface area contributed by atoms with Crippen molar-refractivity contribution in [2.75, 3.05) is 0 Å². The lowest BCUT2D eigenvalue weighted by molar-refractivity contribution is -0.764. The molecule has 0 radical (unpaired) electrons. The average molecular weight is 440 g/mol. The van der Waals surface area contributed by atoms with Gasteiger partial charge in [-0.2, -0.15) is 4.57 Å². The van der Waals surface area contributed by atoms with Gasteiger partial charge in [-0.3, -0.25) is 0 Å². The number of imidazole rings is 1. The lowest BCUT2D eigenvalue weighted by atomic mass is 9.67. The molecule has 2 aromatic heterocycles. The summed E-state index contributed by atoms with van der Waals surface area (Å²) in [6.07, 6.45) is 4.58. The summed E-state index contributed by atoms with van der Waals surface area (Å²) in [6.45, 7) is 6.54. The molecule has 0 saturated carbocycles. The molecule has 7 heteroatoms. The molecule has 2 aliphatic heterocycles. The fourth-order valence-electron chi connectivity index (χ4n) is 5.85. The van der Waals surface area contributed by atoms with Crippen molar-refractivity contribution in [2.24, 2.45) is 7.05 Å². The van der Waals surface area contributed by atoms with Crippen LogP contribution in [0.5, 0.6) is 0 Å². The SMILES string of the molecule is CCC1(CC)C(C2Cn3c(c[n+](C)c3C)C(=O)O2)c2cc(F)cc(F)c2-c2cccc[n+]21. The highest BCUT2D eigenvalue weighted by atomic mass is 19.1. The van der Waals surface area contributed by atoms with Gasteiger partial charge in [0.1, 0.15) is 24.4 Å². The fourth-order valence-corrected chi connectivity index (χ4v) is 5.85. The first-order chi connectivity index (χ1) is 15.3. The lowest BCUT2D eigenvalue weighted by Crippen LogP contribution is -2.65. The number of esters is 1. The van der Waals surface area contributed by atoms with Crippen LogP contribution in [0, 0.1) is 18.6 Å². The summed E-state index contributed by atoms with van der Waals surface area (Å²) in [4.78, 5) is 13.0. The summed E-state index contributed by atoms with van der Waals surface area (Å²) < 4.78 is 41.7. The third-order valence-electron chi connectivity index (χ3n) is 7.53. The van der Waals surface area contributed by atoms with Crippen LogP contribution in [0.15, 0.2) is 42.7 Å². The van der Waals surface area contributed by atoms with E-state index < -0.39 is 35.2 Å². The zero-order chi connectivity index (χ0) is 22.8. The molecule has 166 valence electrons. The average Bonchev–Trinajstić information content (AvgIpc) is 3.06. The summed E-state index contributed by atoms with van der Waals surface area (Å²) >= 11 is 0. The van der Waals surface area contributed by atoms with E-state index >= 15 is 4.39 Å². The molecule has 2 atom stereocenters. The Labute approximate surface area is 185 Å². The number of fused-ring (bicyclic) bond motifs is 4. The molecule has 2 aliphatic rings. The normalized spacial score (nSPS) is 20.9. The first kappa shape index (κ1) is 20.8. The molecule has 32 heavy (non-hydrogen) atoms. The van der Waals surface area contributed by atoms with E-state index in [1.54, 1.807) is 6.20 Å². The van der Waals surface area contributed by atoms with Crippen LogP contribution in [-0.4, -0.2) is 16.6 Å². The van der Waals surface area contributed by atoms with Gasteiger partial charge in [0.2, 0.25) is 5.69 Å². The number of carbonyl (C=O) groups is 1. The van der Waals surface area contributed by atoms with E-state index in [-0.39, 0.29) is 0 Å². The maximum absolute atomic E-state index is 15.2. The second kappa shape index (κ2) is 7.22. The molecular weight excluding hydrogens is 412 g/mol. The summed E-state index contributed by atoms with van der Waals surface area (Å²) in [5.74, 6) is -1.12. The highest BCUT2D eigenvalue weighted by Crippen LogP contribution is 2.49. The quantitative estimate of drug-likeness (QED) is 0.461. The maximum Gasteiger partial charge on any atom is 0.382 e. The third kappa shape index (κ3) is 2.69. The molecule has 0 amide bonds. The topological polar surface area (TPSA) is 39.0 Å². The Morgan fingerprint density at radius 2 is 1.97 bits per heavy atom. The van der Waals surface area contributed by atoms with Crippen LogP contribution < -0.4 is 9.13 Å². The van der Waals surface area contributed by atoms with Gasteiger partial charge in [-0.25, -0.2) is 22.7 Å². The molecule has 5 nitrogen and oxygen atoms in total. The van der Waals surface area contributed by atoms with Crippen molar-refractivity contribution >= 4 is 5.97 Å². The number of hydrogen-bond donors (Lipinski definition) is 0. The number of nitrogens with zero attached hydrogens (tertiary/aromatic N) is 3. The first-order valence-corrected chi connectivity index (χ1v) is 11.1. The Kier molecular flexibility index (Phi) is 4.69. The van der Waals surface area contributed by atoms with Crippen LogP contribution in [-0.2, 0) is 23.9 Å². The van der Waals surface area contributed by atoms with E-state index in [1.165, 1.54) is 6.07 Å². The molecule has 5 rings (SSSR count). The van der Waals surface area contributed by atoms with E-state index in [2.05, 4.69) is 18.4 Å². The van der Waals surface area contributed by atoms with Gasteiger partial charge in [0.05, 0.1) is 18.5 Å². The van der Waals surface area contributed by atoms with Gasteiger partial charge in [0.25, 0.3) is 11.5 Å². The molecule has 1 aromatic carbocycles. The Bertz CT molecular complexity index is 1250. The van der Waals surface area contributed by atoms with Gasteiger partial charge in [-0.1, -0.05) is 13.8 Å². The number of carbonyl (C=O) groups excluding carboxylic acids is 1. The molecule has 0 fully saturated rings. The van der Waals surface area contributed by atoms with Crippen molar-refractivity contribution in [3.63, 3.8) is 0 Å². The van der Waals surface area contributed by atoms with Crippen LogP contribution >= 0.6 is 0 Å². The van der Waals surface area contributed by atoms with Crippen molar-refractivity contribution < 1.29 is 27.4 Å². The molecular formula is C25H27F2N3O2+2. The van der Waals surface area contributed by atoms with E-state index in [1.807, 2.05) is 47.5 Å². The highest BCUT2D eigenvalue weighted by molar-refractivity contribution is 5.88. The fraction of sp³-hybridized carbons (Fsp3) is 0.400. The molecule has 3 aromatic rings. The zero-order valence-electron chi connectivity index (χ0n) is 18.7. The van der Waals surface area contributed by atoms with Gasteiger partial charge in [-0.05, 0) is 17.7 Å². The number of aromatic nitrogens is 3. The monoisotopic (exact) mass is 439 g/mol. The second-order valence-corrected chi connectivity index (χ2v) is 8.82. The minimum atomic E-state index is -0.622. The molecule has 0 aliphatic carbocycles. The number of aryl methyl sites for hydroxylation is 1. The summed E-state index contributed by atoms with van der Waals surface area (Å²) in [7, 11) is 1.89. The molecule has 2 unspecified atom stereocenters. The predicted molar refractivity (Wildman–Crippen MR) is 113 cm³/mol. The van der Waals surface area contributed by atoms with Crippen molar-refractivity contribution in [3.8, 4) is 11.3 Å². The highest BCUT2D eigenvalue weighted by Gasteiger charge is 2.57. The van der Waals surface area contributed by atoms with Crippen molar-refractivity contribution in [3.05, 3.63) is 71.4 Å². The van der Waals surface area contributed by atoms with Crippen LogP contribution in [0.4, 0.5) is 8.78 Å². The number of rotatable bonds is 3. The predicted octanol–water partition coefficient (Wildman–Crippen LogP) is 3.71. The minimum Gasteiger partial charge on any atom is -0.451 e. The number of ether oxygens (including phenoxy) is 1. The number of hydrogen-bond acceptors (Lipinski definition) is 2. The number of halogens is 2. The van der Waals surface area contributed by atoms with Crippen LogP contribution in [0.25, 0.3) is 11.3 Å². The Morgan fingerprint density at radius 1 is 1.22 bits per heavy atom. The van der Waals surface area contributed by atoms with E-state index in [9.17, 15) is 9.18 Å². The Balaban J connectivity index is 1.78. The zero-order valence-corrected chi connectivity index (χ0v) is 18.7.